The minimum absolute atomic E-state index is 0.0255. The van der Waals surface area contributed by atoms with Gasteiger partial charge in [-0.3, -0.25) is 9.59 Å². The molecule has 2 atom stereocenters. The van der Waals surface area contributed by atoms with Crippen LogP contribution in [0.4, 0.5) is 0 Å². The largest absolute Gasteiger partial charge is 0.478 e. The molecule has 0 aliphatic carbocycles. The number of esters is 4. The summed E-state index contributed by atoms with van der Waals surface area (Å²) in [4.78, 5) is 80.6. The molecule has 0 radical (unpaired) electrons. The van der Waals surface area contributed by atoms with Crippen LogP contribution in [0.3, 0.4) is 0 Å². The molecule has 8 aromatic heterocycles. The Hall–Kier alpha value is -8.19. The molecule has 0 amide bonds. The van der Waals surface area contributed by atoms with E-state index in [2.05, 4.69) is 47.3 Å². The first-order valence-corrected chi connectivity index (χ1v) is 23.9. The summed E-state index contributed by atoms with van der Waals surface area (Å²) in [6.07, 6.45) is 1.61. The number of aliphatic hydroxyl groups is 1. The zero-order valence-corrected chi connectivity index (χ0v) is 45.8. The highest BCUT2D eigenvalue weighted by molar-refractivity contribution is 6.31. The van der Waals surface area contributed by atoms with Gasteiger partial charge >= 0.3 is 29.8 Å². The molecule has 0 aliphatic heterocycles. The average molecular weight is 1180 g/mol. The molecule has 0 aromatic carbocycles. The average Bonchev–Trinajstić information content (AvgIpc) is 4.10. The molecular formula is C53H43Cl6N7O12. The number of carboxylic acid groups (broad SMARTS) is 1. The Kier molecular flexibility index (Phi) is 26.6. The zero-order valence-electron chi connectivity index (χ0n) is 41.2. The van der Waals surface area contributed by atoms with Gasteiger partial charge in [0.2, 0.25) is 0 Å². The van der Waals surface area contributed by atoms with Crippen LogP contribution in [0.2, 0.25) is 30.9 Å². The van der Waals surface area contributed by atoms with Crippen molar-refractivity contribution in [1.29, 1.82) is 5.26 Å². The number of aromatic nitrogens is 6. The highest BCUT2D eigenvalue weighted by Gasteiger charge is 2.26. The molecule has 0 saturated carbocycles. The molecule has 8 heterocycles. The Morgan fingerprint density at radius 1 is 0.615 bits per heavy atom. The van der Waals surface area contributed by atoms with Gasteiger partial charge in [-0.25, -0.2) is 39.1 Å². The lowest BCUT2D eigenvalue weighted by Gasteiger charge is -2.17. The van der Waals surface area contributed by atoms with Gasteiger partial charge in [-0.2, -0.15) is 5.26 Å². The van der Waals surface area contributed by atoms with E-state index in [9.17, 15) is 33.9 Å². The number of rotatable bonds is 10. The topological polar surface area (TPSA) is 264 Å². The van der Waals surface area contributed by atoms with Gasteiger partial charge in [-0.05, 0) is 84.9 Å². The van der Waals surface area contributed by atoms with Gasteiger partial charge in [0.25, 0.3) is 0 Å². The van der Waals surface area contributed by atoms with Crippen LogP contribution < -0.4 is 0 Å². The van der Waals surface area contributed by atoms with Crippen molar-refractivity contribution in [2.24, 2.45) is 0 Å². The Morgan fingerprint density at radius 3 is 1.49 bits per heavy atom. The number of methoxy groups -OCH3 is 3. The lowest BCUT2D eigenvalue weighted by molar-refractivity contribution is -0.147. The quantitative estimate of drug-likeness (QED) is 0.0424. The summed E-state index contributed by atoms with van der Waals surface area (Å²) in [5, 5.41) is 28.9. The first kappa shape index (κ1) is 64.1. The maximum absolute atomic E-state index is 11.4. The van der Waals surface area contributed by atoms with E-state index >= 15 is 0 Å². The predicted molar refractivity (Wildman–Crippen MR) is 292 cm³/mol. The van der Waals surface area contributed by atoms with E-state index in [4.69, 9.17) is 84.7 Å². The van der Waals surface area contributed by atoms with Crippen molar-refractivity contribution in [3.8, 4) is 6.07 Å². The summed E-state index contributed by atoms with van der Waals surface area (Å²) >= 11 is 34.1. The SMILES string of the molecule is C=C(C(=O)OC)C(O)c1cccc(Cl)n1.C=C(C(=O)OC)C(OC(C)=O)c1cccc(Cl)n1.COC(=O)c1cc2cccc(Cl)n2c1.N#Cc1cccc(Cl)n1.O=C(O)c1cc2cccc(Cl)n2c1.O=Cc1cccc(Cl)n1. The normalized spacial score (nSPS) is 10.6. The van der Waals surface area contributed by atoms with E-state index in [0.29, 0.717) is 49.5 Å². The van der Waals surface area contributed by atoms with Crippen LogP contribution in [-0.2, 0) is 33.3 Å². The molecule has 0 fully saturated rings. The number of fused-ring (bicyclic) bond motifs is 2. The molecule has 19 nitrogen and oxygen atoms in total. The molecular weight excluding hydrogens is 1140 g/mol. The lowest BCUT2D eigenvalue weighted by atomic mass is 10.1. The number of aldehydes is 1. The summed E-state index contributed by atoms with van der Waals surface area (Å²) < 4.78 is 21.9. The number of nitrogens with zero attached hydrogens (tertiary/aromatic N) is 7. The minimum atomic E-state index is -1.20. The summed E-state index contributed by atoms with van der Waals surface area (Å²) in [5.74, 6) is -3.22. The summed E-state index contributed by atoms with van der Waals surface area (Å²) in [6.45, 7) is 8.20. The Bertz CT molecular complexity index is 3470. The fourth-order valence-electron chi connectivity index (χ4n) is 5.79. The van der Waals surface area contributed by atoms with E-state index in [0.717, 1.165) is 11.0 Å². The number of carbonyl (C=O) groups excluding carboxylic acids is 5. The molecule has 8 rings (SSSR count). The number of halogens is 6. The highest BCUT2D eigenvalue weighted by atomic mass is 35.5. The van der Waals surface area contributed by atoms with Crippen LogP contribution in [0.15, 0.2) is 158 Å². The van der Waals surface area contributed by atoms with Gasteiger partial charge in [0.05, 0.1) is 55.0 Å². The number of nitriles is 1. The number of ether oxygens (including phenoxy) is 4. The van der Waals surface area contributed by atoms with Crippen molar-refractivity contribution in [2.75, 3.05) is 21.3 Å². The molecule has 78 heavy (non-hydrogen) atoms. The van der Waals surface area contributed by atoms with E-state index in [-0.39, 0.29) is 38.7 Å². The van der Waals surface area contributed by atoms with Gasteiger partial charge in [-0.1, -0.05) is 119 Å². The molecule has 8 aromatic rings. The van der Waals surface area contributed by atoms with Crippen LogP contribution >= 0.6 is 69.6 Å². The molecule has 0 saturated heterocycles. The van der Waals surface area contributed by atoms with Crippen molar-refractivity contribution in [3.05, 3.63) is 223 Å². The smallest absolute Gasteiger partial charge is 0.339 e. The summed E-state index contributed by atoms with van der Waals surface area (Å²) in [6, 6.07) is 35.3. The van der Waals surface area contributed by atoms with E-state index in [1.807, 2.05) is 18.2 Å². The van der Waals surface area contributed by atoms with E-state index < -0.39 is 36.1 Å². The number of aromatic carboxylic acids is 1. The second kappa shape index (κ2) is 32.4. The highest BCUT2D eigenvalue weighted by Crippen LogP contribution is 2.26. The minimum Gasteiger partial charge on any atom is -0.478 e. The van der Waals surface area contributed by atoms with Crippen molar-refractivity contribution >= 4 is 117 Å². The molecule has 2 unspecified atom stereocenters. The lowest BCUT2D eigenvalue weighted by Crippen LogP contribution is -2.18. The number of carboxylic acids is 1. The third-order valence-corrected chi connectivity index (χ3v) is 10.8. The number of carbonyl (C=O) groups is 6. The van der Waals surface area contributed by atoms with Gasteiger partial charge in [0.15, 0.2) is 12.4 Å². The van der Waals surface area contributed by atoms with Crippen molar-refractivity contribution in [3.63, 3.8) is 0 Å². The Balaban J connectivity index is 0.000000250. The van der Waals surface area contributed by atoms with E-state index in [1.54, 1.807) is 124 Å². The molecule has 25 heteroatoms. The van der Waals surface area contributed by atoms with Crippen LogP contribution in [-0.4, -0.2) is 96.4 Å². The van der Waals surface area contributed by atoms with Crippen LogP contribution in [0, 0.1) is 11.3 Å². The third-order valence-electron chi connectivity index (χ3n) is 9.36. The van der Waals surface area contributed by atoms with Crippen molar-refractivity contribution in [2.45, 2.75) is 19.1 Å². The van der Waals surface area contributed by atoms with Gasteiger partial charge < -0.3 is 38.0 Å². The van der Waals surface area contributed by atoms with Crippen LogP contribution in [0.5, 0.6) is 0 Å². The number of hydrogen-bond acceptors (Lipinski definition) is 16. The second-order valence-electron chi connectivity index (χ2n) is 14.7. The van der Waals surface area contributed by atoms with E-state index in [1.165, 1.54) is 34.4 Å². The van der Waals surface area contributed by atoms with Crippen molar-refractivity contribution in [1.82, 2.24) is 28.7 Å². The standard InChI is InChI=1S/C12H12ClNO4.C10H10ClNO3.C10H8ClNO2.C9H6ClNO2.C6H3ClN2.C6H4ClNO/c1-7(12(16)17-3)11(18-8(2)15)9-5-4-6-10(13)14-9;1-6(10(14)15-2)9(13)7-4-3-5-8(11)12-7;1-14-10(13)7-5-8-3-2-4-9(11)12(8)6-7;10-8-3-1-2-7-4-6(9(12)13)5-11(7)8;7-6-3-1-2-5(4-8)9-6;7-6-3-1-2-5(4-9)8-6/h4-6,11H,1H2,2-3H3;3-5,9,13H,1H2,2H3;2-6H,1H3;1-5H,(H,12,13);1-3H;1-4H. The fraction of sp³-hybridized carbons (Fsp3) is 0.113. The second-order valence-corrected chi connectivity index (χ2v) is 17.0. The Labute approximate surface area is 475 Å². The first-order chi connectivity index (χ1) is 37.1. The third kappa shape index (κ3) is 20.4. The molecule has 2 N–H and O–H groups in total. The van der Waals surface area contributed by atoms with Gasteiger partial charge in [-0.15, -0.1) is 0 Å². The number of aliphatic hydroxyl groups excluding tert-OH is 1. The monoisotopic (exact) mass is 1180 g/mol. The van der Waals surface area contributed by atoms with Crippen LogP contribution in [0.1, 0.15) is 67.4 Å². The molecule has 0 bridgehead atoms. The maximum atomic E-state index is 11.4. The van der Waals surface area contributed by atoms with Gasteiger partial charge in [0.1, 0.15) is 54.5 Å². The zero-order chi connectivity index (χ0) is 58.1. The first-order valence-electron chi connectivity index (χ1n) is 21.7. The maximum Gasteiger partial charge on any atom is 0.339 e. The molecule has 0 spiro atoms. The summed E-state index contributed by atoms with van der Waals surface area (Å²) in [7, 11) is 3.78. The molecule has 0 aliphatic rings. The summed E-state index contributed by atoms with van der Waals surface area (Å²) in [5.41, 5.74) is 3.59. The van der Waals surface area contributed by atoms with Crippen molar-refractivity contribution < 1.29 is 57.9 Å². The predicted octanol–water partition coefficient (Wildman–Crippen LogP) is 11.4. The number of pyridine rings is 6. The van der Waals surface area contributed by atoms with Gasteiger partial charge in [0, 0.05) is 30.4 Å². The molecule has 404 valence electrons. The van der Waals surface area contributed by atoms with Crippen LogP contribution in [0.25, 0.3) is 11.0 Å². The number of hydrogen-bond donors (Lipinski definition) is 2. The Morgan fingerprint density at radius 2 is 1.06 bits per heavy atom. The fourth-order valence-corrected chi connectivity index (χ4v) is 6.90.